The van der Waals surface area contributed by atoms with Crippen molar-refractivity contribution in [3.8, 4) is 0 Å². The van der Waals surface area contributed by atoms with E-state index in [2.05, 4.69) is 15.2 Å². The lowest BCUT2D eigenvalue weighted by Gasteiger charge is -2.45. The van der Waals surface area contributed by atoms with Crippen LogP contribution in [0.1, 0.15) is 82.2 Å². The van der Waals surface area contributed by atoms with Gasteiger partial charge in [-0.05, 0) is 56.2 Å². The first kappa shape index (κ1) is 26.1. The van der Waals surface area contributed by atoms with Crippen LogP contribution in [0.3, 0.4) is 0 Å². The predicted octanol–water partition coefficient (Wildman–Crippen LogP) is 5.79. The van der Waals surface area contributed by atoms with Crippen LogP contribution in [0.4, 0.5) is 5.82 Å². The molecule has 2 aromatic carbocycles. The number of aromatic nitrogens is 2. The topological polar surface area (TPSA) is 87.5 Å². The maximum atomic E-state index is 14.0. The molecule has 2 unspecified atom stereocenters. The molecule has 6 rings (SSSR count). The number of piperidine rings is 1. The Kier molecular flexibility index (Phi) is 7.69. The van der Waals surface area contributed by atoms with Crippen LogP contribution in [-0.4, -0.2) is 49.7 Å². The number of nitrogens with zero attached hydrogens (tertiary/aromatic N) is 3. The largest absolute Gasteiger partial charge is 0.480 e. The first-order valence-electron chi connectivity index (χ1n) is 14.9. The molecule has 2 saturated heterocycles. The first-order chi connectivity index (χ1) is 19.1. The van der Waals surface area contributed by atoms with Gasteiger partial charge in [-0.3, -0.25) is 9.69 Å². The highest BCUT2D eigenvalue weighted by Crippen LogP contribution is 2.44. The molecule has 39 heavy (non-hydrogen) atoms. The zero-order valence-electron chi connectivity index (χ0n) is 22.7. The molecule has 3 aromatic rings. The summed E-state index contributed by atoms with van der Waals surface area (Å²) in [6.45, 7) is 0. The highest BCUT2D eigenvalue weighted by atomic mass is 16.4. The van der Waals surface area contributed by atoms with Crippen LogP contribution >= 0.6 is 0 Å². The lowest BCUT2D eigenvalue weighted by Crippen LogP contribution is -2.50. The van der Waals surface area contributed by atoms with E-state index in [-0.39, 0.29) is 23.8 Å². The number of carboxylic acid groups (broad SMARTS) is 1. The van der Waals surface area contributed by atoms with E-state index in [0.717, 1.165) is 29.4 Å². The van der Waals surface area contributed by atoms with E-state index in [1.165, 1.54) is 57.8 Å². The molecule has 1 aliphatic carbocycles. The number of benzene rings is 2. The van der Waals surface area contributed by atoms with Crippen molar-refractivity contribution in [2.75, 3.05) is 5.32 Å². The third-order valence-corrected chi connectivity index (χ3v) is 9.31. The number of hydrogen-bond donors (Lipinski definition) is 2. The molecule has 206 valence electrons. The summed E-state index contributed by atoms with van der Waals surface area (Å²) < 4.78 is 1.94. The van der Waals surface area contributed by atoms with Crippen LogP contribution in [0.15, 0.2) is 59.4 Å². The number of fused-ring (bicyclic) bond motifs is 3. The van der Waals surface area contributed by atoms with Crippen LogP contribution in [0.5, 0.6) is 0 Å². The van der Waals surface area contributed by atoms with Crippen molar-refractivity contribution in [1.29, 1.82) is 0 Å². The Hall–Kier alpha value is -3.19. The lowest BCUT2D eigenvalue weighted by atomic mass is 9.89. The van der Waals surface area contributed by atoms with Gasteiger partial charge >= 0.3 is 5.97 Å². The van der Waals surface area contributed by atoms with E-state index < -0.39 is 12.0 Å². The van der Waals surface area contributed by atoms with Gasteiger partial charge in [0, 0.05) is 30.6 Å². The molecule has 3 heterocycles. The van der Waals surface area contributed by atoms with Crippen LogP contribution in [0.25, 0.3) is 11.0 Å². The summed E-state index contributed by atoms with van der Waals surface area (Å²) in [5.74, 6) is -0.864. The number of carboxylic acids is 1. The summed E-state index contributed by atoms with van der Waals surface area (Å²) in [6, 6.07) is 18.1. The number of nitrogens with one attached hydrogen (secondary N) is 1. The lowest BCUT2D eigenvalue weighted by molar-refractivity contribution is -0.137. The van der Waals surface area contributed by atoms with E-state index >= 15 is 0 Å². The molecule has 7 nitrogen and oxygen atoms in total. The van der Waals surface area contributed by atoms with Crippen molar-refractivity contribution in [1.82, 2.24) is 14.5 Å². The molecule has 2 bridgehead atoms. The summed E-state index contributed by atoms with van der Waals surface area (Å²) in [6.07, 6.45) is 14.0. The maximum Gasteiger partial charge on any atom is 0.326 e. The fourth-order valence-electron chi connectivity index (χ4n) is 7.55. The normalized spacial score (nSPS) is 25.2. The summed E-state index contributed by atoms with van der Waals surface area (Å²) in [7, 11) is 0. The van der Waals surface area contributed by atoms with E-state index in [1.54, 1.807) is 0 Å². The highest BCUT2D eigenvalue weighted by Gasteiger charge is 2.44. The van der Waals surface area contributed by atoms with E-state index in [1.807, 2.05) is 59.2 Å². The number of hydrogen-bond acceptors (Lipinski definition) is 5. The first-order valence-corrected chi connectivity index (χ1v) is 14.9. The number of anilines is 1. The average molecular weight is 529 g/mol. The van der Waals surface area contributed by atoms with E-state index in [4.69, 9.17) is 0 Å². The van der Waals surface area contributed by atoms with Crippen LogP contribution < -0.4 is 10.9 Å². The second kappa shape index (κ2) is 11.5. The Balaban J connectivity index is 1.30. The standard InChI is InChI=1S/C32H40N4O3/c37-31-30(34-28(32(38)39)19-22-11-5-4-6-12-22)33-27-15-9-10-16-29(27)36(31)26-20-24-17-18-25(21-26)35(24)23-13-7-2-1-3-8-14-23/h4-6,9-12,15-16,23-26,28H,1-3,7-8,13-14,17-21H2,(H,33,34)(H,38,39)/t24-,25?,26?,28-/m0/s1. The minimum Gasteiger partial charge on any atom is -0.480 e. The average Bonchev–Trinajstić information content (AvgIpc) is 3.17. The summed E-state index contributed by atoms with van der Waals surface area (Å²) in [4.78, 5) is 33.7. The van der Waals surface area contributed by atoms with Gasteiger partial charge in [-0.1, -0.05) is 74.6 Å². The SMILES string of the molecule is O=C(O)[C@H](Cc1ccccc1)Nc1nc2ccccc2n(C2CC3CC[C@@H](C2)N3C2CCCCCCC2)c1=O. The van der Waals surface area contributed by atoms with E-state index in [9.17, 15) is 14.7 Å². The zero-order chi connectivity index (χ0) is 26.8. The summed E-state index contributed by atoms with van der Waals surface area (Å²) in [5.41, 5.74) is 2.25. The molecule has 4 atom stereocenters. The maximum absolute atomic E-state index is 14.0. The fraction of sp³-hybridized carbons (Fsp3) is 0.531. The molecule has 2 aliphatic heterocycles. The number of para-hydroxylation sites is 2. The predicted molar refractivity (Wildman–Crippen MR) is 154 cm³/mol. The minimum absolute atomic E-state index is 0.0886. The quantitative estimate of drug-likeness (QED) is 0.404. The summed E-state index contributed by atoms with van der Waals surface area (Å²) >= 11 is 0. The summed E-state index contributed by atoms with van der Waals surface area (Å²) in [5, 5.41) is 13.0. The van der Waals surface area contributed by atoms with Crippen LogP contribution in [-0.2, 0) is 11.2 Å². The Morgan fingerprint density at radius 3 is 2.18 bits per heavy atom. The van der Waals surface area contributed by atoms with Gasteiger partial charge in [0.05, 0.1) is 11.0 Å². The fourth-order valence-corrected chi connectivity index (χ4v) is 7.55. The number of rotatable bonds is 7. The van der Waals surface area contributed by atoms with Gasteiger partial charge in [0.15, 0.2) is 5.82 Å². The van der Waals surface area contributed by atoms with Crippen LogP contribution in [0, 0.1) is 0 Å². The molecular formula is C32H40N4O3. The van der Waals surface area contributed by atoms with Crippen molar-refractivity contribution in [2.24, 2.45) is 0 Å². The Morgan fingerprint density at radius 1 is 0.846 bits per heavy atom. The zero-order valence-corrected chi connectivity index (χ0v) is 22.7. The molecule has 0 spiro atoms. The molecule has 2 N–H and O–H groups in total. The smallest absolute Gasteiger partial charge is 0.326 e. The van der Waals surface area contributed by atoms with Gasteiger partial charge in [-0.15, -0.1) is 0 Å². The van der Waals surface area contributed by atoms with Gasteiger partial charge in [0.25, 0.3) is 5.56 Å². The van der Waals surface area contributed by atoms with Gasteiger partial charge in [0.1, 0.15) is 6.04 Å². The Morgan fingerprint density at radius 2 is 1.49 bits per heavy atom. The molecule has 7 heteroatoms. The minimum atomic E-state index is -0.995. The third kappa shape index (κ3) is 5.46. The molecular weight excluding hydrogens is 488 g/mol. The van der Waals surface area contributed by atoms with Crippen molar-refractivity contribution >= 4 is 22.8 Å². The number of carbonyl (C=O) groups is 1. The van der Waals surface area contributed by atoms with Crippen molar-refractivity contribution in [3.63, 3.8) is 0 Å². The second-order valence-electron chi connectivity index (χ2n) is 11.8. The van der Waals surface area contributed by atoms with Crippen molar-refractivity contribution in [3.05, 3.63) is 70.5 Å². The number of aliphatic carboxylic acids is 1. The molecule has 3 aliphatic rings. The van der Waals surface area contributed by atoms with Gasteiger partial charge < -0.3 is 15.0 Å². The molecule has 3 fully saturated rings. The molecule has 0 amide bonds. The Bertz CT molecular complexity index is 1330. The highest BCUT2D eigenvalue weighted by molar-refractivity contribution is 5.79. The third-order valence-electron chi connectivity index (χ3n) is 9.31. The second-order valence-corrected chi connectivity index (χ2v) is 11.8. The van der Waals surface area contributed by atoms with E-state index in [0.29, 0.717) is 18.1 Å². The molecule has 1 aromatic heterocycles. The van der Waals surface area contributed by atoms with Crippen molar-refractivity contribution in [2.45, 2.75) is 107 Å². The molecule has 1 saturated carbocycles. The monoisotopic (exact) mass is 528 g/mol. The van der Waals surface area contributed by atoms with Gasteiger partial charge in [-0.2, -0.15) is 0 Å². The van der Waals surface area contributed by atoms with Crippen molar-refractivity contribution < 1.29 is 9.90 Å². The van der Waals surface area contributed by atoms with Gasteiger partial charge in [0.2, 0.25) is 0 Å². The van der Waals surface area contributed by atoms with Crippen LogP contribution in [0.2, 0.25) is 0 Å². The van der Waals surface area contributed by atoms with Gasteiger partial charge in [-0.25, -0.2) is 9.78 Å². The Labute approximate surface area is 230 Å². The molecule has 0 radical (unpaired) electrons.